The Morgan fingerprint density at radius 1 is 0.800 bits per heavy atom. The van der Waals surface area contributed by atoms with Crippen LogP contribution >= 0.6 is 11.6 Å². The number of rotatable bonds is 5. The Kier molecular flexibility index (Phi) is 5.76. The lowest BCUT2D eigenvalue weighted by molar-refractivity contribution is -0.120. The predicted molar refractivity (Wildman–Crippen MR) is 134 cm³/mol. The highest BCUT2D eigenvalue weighted by Gasteiger charge is 2.40. The lowest BCUT2D eigenvalue weighted by Crippen LogP contribution is -2.33. The number of halogens is 2. The van der Waals surface area contributed by atoms with E-state index in [2.05, 4.69) is 10.6 Å². The average Bonchev–Trinajstić information content (AvgIpc) is 3.08. The van der Waals surface area contributed by atoms with Crippen LogP contribution in [0.1, 0.15) is 10.4 Å². The van der Waals surface area contributed by atoms with Crippen molar-refractivity contribution in [3.05, 3.63) is 113 Å². The van der Waals surface area contributed by atoms with Gasteiger partial charge in [0.05, 0.1) is 5.69 Å². The molecule has 0 aromatic heterocycles. The van der Waals surface area contributed by atoms with Crippen molar-refractivity contribution in [2.24, 2.45) is 0 Å². The number of nitrogens with zero attached hydrogens (tertiary/aromatic N) is 1. The number of carbonyl (C=O) groups excluding carboxylic acids is 3. The molecule has 0 aliphatic carbocycles. The molecule has 0 atom stereocenters. The van der Waals surface area contributed by atoms with E-state index in [9.17, 15) is 18.8 Å². The van der Waals surface area contributed by atoms with Gasteiger partial charge in [-0.15, -0.1) is 0 Å². The molecule has 35 heavy (non-hydrogen) atoms. The van der Waals surface area contributed by atoms with E-state index in [-0.39, 0.29) is 22.3 Å². The van der Waals surface area contributed by atoms with Crippen molar-refractivity contribution in [3.63, 3.8) is 0 Å². The van der Waals surface area contributed by atoms with Gasteiger partial charge in [0.15, 0.2) is 0 Å². The van der Waals surface area contributed by atoms with Crippen molar-refractivity contribution in [1.29, 1.82) is 0 Å². The van der Waals surface area contributed by atoms with Gasteiger partial charge in [-0.3, -0.25) is 14.4 Å². The van der Waals surface area contributed by atoms with Crippen molar-refractivity contribution in [2.75, 3.05) is 15.5 Å². The van der Waals surface area contributed by atoms with Gasteiger partial charge in [0.2, 0.25) is 0 Å². The number of fused-ring (bicyclic) bond motifs is 1. The third kappa shape index (κ3) is 4.13. The smallest absolute Gasteiger partial charge is 0.283 e. The number of carbonyl (C=O) groups is 3. The molecule has 0 radical (unpaired) electrons. The van der Waals surface area contributed by atoms with Crippen molar-refractivity contribution < 1.29 is 18.8 Å². The number of hydrogen-bond acceptors (Lipinski definition) is 4. The number of nitrogens with one attached hydrogen (secondary N) is 2. The van der Waals surface area contributed by atoms with E-state index < -0.39 is 17.6 Å². The first-order valence-electron chi connectivity index (χ1n) is 10.6. The van der Waals surface area contributed by atoms with Crippen LogP contribution in [0.4, 0.5) is 21.5 Å². The highest BCUT2D eigenvalue weighted by molar-refractivity contribution is 6.53. The highest BCUT2D eigenvalue weighted by Crippen LogP contribution is 2.31. The topological polar surface area (TPSA) is 78.5 Å². The van der Waals surface area contributed by atoms with Crippen molar-refractivity contribution in [2.45, 2.75) is 0 Å². The molecular formula is C27H17ClFN3O3. The predicted octanol–water partition coefficient (Wildman–Crippen LogP) is 5.67. The summed E-state index contributed by atoms with van der Waals surface area (Å²) in [6.45, 7) is 0. The summed E-state index contributed by atoms with van der Waals surface area (Å²) in [5.74, 6) is -2.62. The molecule has 0 fully saturated rings. The molecule has 6 nitrogen and oxygen atoms in total. The zero-order valence-corrected chi connectivity index (χ0v) is 18.8. The molecule has 5 rings (SSSR count). The summed E-state index contributed by atoms with van der Waals surface area (Å²) < 4.78 is 14.2. The molecule has 4 aromatic rings. The second-order valence-electron chi connectivity index (χ2n) is 7.77. The minimum absolute atomic E-state index is 0.173. The van der Waals surface area contributed by atoms with Gasteiger partial charge in [-0.25, -0.2) is 9.29 Å². The quantitative estimate of drug-likeness (QED) is 0.357. The van der Waals surface area contributed by atoms with E-state index >= 15 is 0 Å². The fourth-order valence-electron chi connectivity index (χ4n) is 3.84. The SMILES string of the molecule is O=C(Nc1cccc2ccccc12)c1ccc(NC2=C(Cl)C(=O)N(c3ccccc3F)C2=O)cc1. The van der Waals surface area contributed by atoms with E-state index in [0.717, 1.165) is 16.8 Å². The Bertz CT molecular complexity index is 1530. The summed E-state index contributed by atoms with van der Waals surface area (Å²) in [5, 5.41) is 7.31. The maximum absolute atomic E-state index is 14.2. The molecule has 1 heterocycles. The summed E-state index contributed by atoms with van der Waals surface area (Å²) in [6, 6.07) is 25.1. The lowest BCUT2D eigenvalue weighted by atomic mass is 10.1. The summed E-state index contributed by atoms with van der Waals surface area (Å²) in [6.07, 6.45) is 0. The summed E-state index contributed by atoms with van der Waals surface area (Å²) in [7, 11) is 0. The van der Waals surface area contributed by atoms with E-state index in [0.29, 0.717) is 21.8 Å². The van der Waals surface area contributed by atoms with Gasteiger partial charge in [0.1, 0.15) is 16.5 Å². The molecule has 0 saturated carbocycles. The molecule has 8 heteroatoms. The molecule has 172 valence electrons. The van der Waals surface area contributed by atoms with Gasteiger partial charge in [0.25, 0.3) is 17.7 Å². The Labute approximate surface area is 204 Å². The first-order chi connectivity index (χ1) is 16.9. The highest BCUT2D eigenvalue weighted by atomic mass is 35.5. The van der Waals surface area contributed by atoms with E-state index in [1.165, 1.54) is 18.2 Å². The van der Waals surface area contributed by atoms with Gasteiger partial charge in [-0.2, -0.15) is 0 Å². The third-order valence-electron chi connectivity index (χ3n) is 5.57. The van der Waals surface area contributed by atoms with Crippen LogP contribution in [0.25, 0.3) is 10.8 Å². The minimum Gasteiger partial charge on any atom is -0.350 e. The van der Waals surface area contributed by atoms with Crippen LogP contribution in [-0.4, -0.2) is 17.7 Å². The number of imide groups is 1. The van der Waals surface area contributed by atoms with Crippen LogP contribution in [0, 0.1) is 5.82 Å². The lowest BCUT2D eigenvalue weighted by Gasteiger charge is -2.15. The van der Waals surface area contributed by atoms with Crippen molar-refractivity contribution in [3.8, 4) is 0 Å². The maximum atomic E-state index is 14.2. The number of amides is 3. The minimum atomic E-state index is -0.824. The zero-order chi connectivity index (χ0) is 24.5. The van der Waals surface area contributed by atoms with Crippen molar-refractivity contribution in [1.82, 2.24) is 0 Å². The van der Waals surface area contributed by atoms with Crippen LogP contribution in [0.5, 0.6) is 0 Å². The Hall–Kier alpha value is -4.49. The summed E-state index contributed by atoms with van der Waals surface area (Å²) in [5.41, 5.74) is 1.16. The molecule has 0 saturated heterocycles. The average molecular weight is 486 g/mol. The van der Waals surface area contributed by atoms with Crippen LogP contribution in [0.3, 0.4) is 0 Å². The maximum Gasteiger partial charge on any atom is 0.283 e. The summed E-state index contributed by atoms with van der Waals surface area (Å²) >= 11 is 6.11. The Morgan fingerprint density at radius 2 is 1.49 bits per heavy atom. The van der Waals surface area contributed by atoms with Gasteiger partial charge >= 0.3 is 0 Å². The van der Waals surface area contributed by atoms with E-state index in [1.54, 1.807) is 24.3 Å². The van der Waals surface area contributed by atoms with Crippen LogP contribution < -0.4 is 15.5 Å². The van der Waals surface area contributed by atoms with Crippen molar-refractivity contribution >= 4 is 57.2 Å². The molecule has 4 aromatic carbocycles. The van der Waals surface area contributed by atoms with Gasteiger partial charge in [0, 0.05) is 22.3 Å². The number of anilines is 3. The normalized spacial score (nSPS) is 13.5. The second kappa shape index (κ2) is 9.04. The number of para-hydroxylation sites is 1. The van der Waals surface area contributed by atoms with Gasteiger partial charge < -0.3 is 10.6 Å². The third-order valence-corrected chi connectivity index (χ3v) is 5.93. The first-order valence-corrected chi connectivity index (χ1v) is 11.0. The molecular weight excluding hydrogens is 469 g/mol. The fourth-order valence-corrected chi connectivity index (χ4v) is 4.05. The monoisotopic (exact) mass is 485 g/mol. The van der Waals surface area contributed by atoms with Crippen LogP contribution in [0.2, 0.25) is 0 Å². The number of benzene rings is 4. The fraction of sp³-hybridized carbons (Fsp3) is 0. The second-order valence-corrected chi connectivity index (χ2v) is 8.15. The molecule has 0 unspecified atom stereocenters. The molecule has 1 aliphatic heterocycles. The standard InChI is InChI=1S/C27H17ClFN3O3/c28-23-24(27(35)32(26(23)34)22-11-4-3-9-20(22)29)30-18-14-12-17(13-15-18)25(33)31-21-10-5-7-16-6-1-2-8-19(16)21/h1-15,30H,(H,31,33). The van der Waals surface area contributed by atoms with Crippen LogP contribution in [0.15, 0.2) is 102 Å². The largest absolute Gasteiger partial charge is 0.350 e. The Morgan fingerprint density at radius 3 is 2.26 bits per heavy atom. The van der Waals surface area contributed by atoms with Gasteiger partial charge in [-0.05, 0) is 47.9 Å². The Balaban J connectivity index is 1.33. The van der Waals surface area contributed by atoms with E-state index in [4.69, 9.17) is 11.6 Å². The molecule has 0 bridgehead atoms. The zero-order valence-electron chi connectivity index (χ0n) is 18.1. The van der Waals surface area contributed by atoms with Crippen LogP contribution in [-0.2, 0) is 9.59 Å². The molecule has 1 aliphatic rings. The molecule has 0 spiro atoms. The molecule has 2 N–H and O–H groups in total. The summed E-state index contributed by atoms with van der Waals surface area (Å²) in [4.78, 5) is 38.8. The molecule has 3 amide bonds. The number of hydrogen-bond donors (Lipinski definition) is 2. The van der Waals surface area contributed by atoms with Gasteiger partial charge in [-0.1, -0.05) is 60.1 Å². The van der Waals surface area contributed by atoms with E-state index in [1.807, 2.05) is 42.5 Å². The first kappa shape index (κ1) is 22.3.